The summed E-state index contributed by atoms with van der Waals surface area (Å²) in [4.78, 5) is 14.4. The Morgan fingerprint density at radius 2 is 1.51 bits per heavy atom. The van der Waals surface area contributed by atoms with E-state index in [9.17, 15) is 31.1 Å². The van der Waals surface area contributed by atoms with E-state index in [1.165, 1.54) is 6.92 Å². The average Bonchev–Trinajstić information content (AvgIpc) is 3.20. The summed E-state index contributed by atoms with van der Waals surface area (Å²) < 4.78 is 86.6. The van der Waals surface area contributed by atoms with Gasteiger partial charge in [-0.05, 0) is 48.1 Å². The normalized spacial score (nSPS) is 23.2. The molecule has 2 aliphatic rings. The standard InChI is InChI=1S/C28H29F6NO2/c1-17(19-9-20(27(29,30)31)11-21(10-19)28(32,33)34)37-25-16-35(15-24(25)18-7-5-4-6-8-18)22-12-23(36)14-26(2,3)13-22/h4-12,17,24-25H,13-16H2,1-3H3/t17-,24+,25-/m1/s1. The summed E-state index contributed by atoms with van der Waals surface area (Å²) in [6.07, 6.45) is -8.63. The molecule has 2 aromatic carbocycles. The van der Waals surface area contributed by atoms with Gasteiger partial charge in [-0.15, -0.1) is 0 Å². The summed E-state index contributed by atoms with van der Waals surface area (Å²) in [6.45, 7) is 6.39. The number of alkyl halides is 6. The van der Waals surface area contributed by atoms with Crippen LogP contribution in [0.25, 0.3) is 0 Å². The molecule has 0 spiro atoms. The first-order valence-corrected chi connectivity index (χ1v) is 12.1. The van der Waals surface area contributed by atoms with Crippen molar-refractivity contribution in [2.45, 2.75) is 64.1 Å². The number of likely N-dealkylation sites (tertiary alicyclic amines) is 1. The SMILES string of the molecule is C[C@@H](O[C@@H]1CN(C2=CC(=O)CC(C)(C)C2)C[C@H]1c1ccccc1)c1cc(C(F)(F)F)cc(C(F)(F)F)c1. The van der Waals surface area contributed by atoms with Crippen LogP contribution in [-0.2, 0) is 21.9 Å². The first-order valence-electron chi connectivity index (χ1n) is 12.1. The number of ketones is 1. The first-order chi connectivity index (χ1) is 17.1. The second-order valence-electron chi connectivity index (χ2n) is 10.7. The van der Waals surface area contributed by atoms with Crippen molar-refractivity contribution in [1.29, 1.82) is 0 Å². The molecule has 9 heteroatoms. The minimum atomic E-state index is -4.93. The summed E-state index contributed by atoms with van der Waals surface area (Å²) in [5.41, 5.74) is -1.31. The molecule has 0 aromatic heterocycles. The van der Waals surface area contributed by atoms with Crippen LogP contribution >= 0.6 is 0 Å². The fraction of sp³-hybridized carbons (Fsp3) is 0.464. The van der Waals surface area contributed by atoms with E-state index in [0.29, 0.717) is 25.9 Å². The van der Waals surface area contributed by atoms with Crippen molar-refractivity contribution in [3.05, 3.63) is 82.6 Å². The predicted octanol–water partition coefficient (Wildman–Crippen LogP) is 7.54. The molecule has 2 aromatic rings. The molecular formula is C28H29F6NO2. The summed E-state index contributed by atoms with van der Waals surface area (Å²) in [5.74, 6) is -0.151. The Balaban J connectivity index is 1.64. The summed E-state index contributed by atoms with van der Waals surface area (Å²) >= 11 is 0. The van der Waals surface area contributed by atoms with E-state index in [1.807, 2.05) is 44.2 Å². The lowest BCUT2D eigenvalue weighted by atomic mass is 9.78. The molecule has 0 radical (unpaired) electrons. The third-order valence-corrected chi connectivity index (χ3v) is 7.00. The molecule has 0 saturated carbocycles. The maximum Gasteiger partial charge on any atom is 0.416 e. The quantitative estimate of drug-likeness (QED) is 0.378. The van der Waals surface area contributed by atoms with Crippen LogP contribution in [0.2, 0.25) is 0 Å². The van der Waals surface area contributed by atoms with Crippen LogP contribution < -0.4 is 0 Å². The zero-order valence-corrected chi connectivity index (χ0v) is 20.8. The number of hydrogen-bond donors (Lipinski definition) is 0. The van der Waals surface area contributed by atoms with Gasteiger partial charge in [0.2, 0.25) is 0 Å². The van der Waals surface area contributed by atoms with E-state index in [-0.39, 0.29) is 28.7 Å². The van der Waals surface area contributed by atoms with E-state index in [2.05, 4.69) is 4.90 Å². The number of nitrogens with zero attached hydrogens (tertiary/aromatic N) is 1. The highest BCUT2D eigenvalue weighted by Gasteiger charge is 2.41. The maximum atomic E-state index is 13.4. The molecule has 37 heavy (non-hydrogen) atoms. The third-order valence-electron chi connectivity index (χ3n) is 7.00. The minimum absolute atomic E-state index is 0.0314. The first kappa shape index (κ1) is 27.2. The number of rotatable bonds is 5. The molecule has 1 aliphatic heterocycles. The summed E-state index contributed by atoms with van der Waals surface area (Å²) in [6, 6.07) is 11.0. The molecule has 0 unspecified atom stereocenters. The third kappa shape index (κ3) is 6.37. The van der Waals surface area contributed by atoms with E-state index < -0.39 is 35.7 Å². The Labute approximate surface area is 212 Å². The largest absolute Gasteiger partial charge is 0.416 e. The molecular weight excluding hydrogens is 496 g/mol. The fourth-order valence-electron chi connectivity index (χ4n) is 5.24. The molecule has 0 amide bonds. The molecule has 1 aliphatic carbocycles. The zero-order valence-electron chi connectivity index (χ0n) is 20.8. The Hall–Kier alpha value is -2.81. The van der Waals surface area contributed by atoms with Crippen molar-refractivity contribution in [3.63, 3.8) is 0 Å². The highest BCUT2D eigenvalue weighted by molar-refractivity contribution is 5.91. The molecule has 200 valence electrons. The van der Waals surface area contributed by atoms with Crippen LogP contribution in [0.4, 0.5) is 26.3 Å². The van der Waals surface area contributed by atoms with Gasteiger partial charge in [-0.2, -0.15) is 26.3 Å². The summed E-state index contributed by atoms with van der Waals surface area (Å²) in [5, 5.41) is 0. The monoisotopic (exact) mass is 525 g/mol. The van der Waals surface area contributed by atoms with Crippen LogP contribution in [0.5, 0.6) is 0 Å². The van der Waals surface area contributed by atoms with Crippen LogP contribution in [-0.4, -0.2) is 29.9 Å². The lowest BCUT2D eigenvalue weighted by Gasteiger charge is -2.33. The van der Waals surface area contributed by atoms with Crippen molar-refractivity contribution >= 4 is 5.78 Å². The van der Waals surface area contributed by atoms with Crippen molar-refractivity contribution in [1.82, 2.24) is 4.90 Å². The molecule has 3 nitrogen and oxygen atoms in total. The van der Waals surface area contributed by atoms with E-state index >= 15 is 0 Å². The van der Waals surface area contributed by atoms with Crippen molar-refractivity contribution in [2.24, 2.45) is 5.41 Å². The number of benzene rings is 2. The predicted molar refractivity (Wildman–Crippen MR) is 127 cm³/mol. The van der Waals surface area contributed by atoms with E-state index in [4.69, 9.17) is 4.74 Å². The Morgan fingerprint density at radius 1 is 0.919 bits per heavy atom. The highest BCUT2D eigenvalue weighted by atomic mass is 19.4. The van der Waals surface area contributed by atoms with Crippen molar-refractivity contribution in [3.8, 4) is 0 Å². The van der Waals surface area contributed by atoms with E-state index in [1.54, 1.807) is 6.08 Å². The van der Waals surface area contributed by atoms with Gasteiger partial charge in [0.05, 0.1) is 23.3 Å². The summed E-state index contributed by atoms with van der Waals surface area (Å²) in [7, 11) is 0. The number of carbonyl (C=O) groups excluding carboxylic acids is 1. The van der Waals surface area contributed by atoms with Gasteiger partial charge in [-0.25, -0.2) is 0 Å². The van der Waals surface area contributed by atoms with E-state index in [0.717, 1.165) is 23.4 Å². The molecule has 4 rings (SSSR count). The molecule has 1 fully saturated rings. The lowest BCUT2D eigenvalue weighted by molar-refractivity contribution is -0.143. The Morgan fingerprint density at radius 3 is 2.05 bits per heavy atom. The van der Waals surface area contributed by atoms with Crippen LogP contribution in [0.3, 0.4) is 0 Å². The minimum Gasteiger partial charge on any atom is -0.371 e. The Kier molecular flexibility index (Phi) is 7.22. The topological polar surface area (TPSA) is 29.5 Å². The maximum absolute atomic E-state index is 13.4. The van der Waals surface area contributed by atoms with Gasteiger partial charge < -0.3 is 9.64 Å². The fourth-order valence-corrected chi connectivity index (χ4v) is 5.24. The smallest absolute Gasteiger partial charge is 0.371 e. The van der Waals surface area contributed by atoms with Gasteiger partial charge in [0.1, 0.15) is 0 Å². The van der Waals surface area contributed by atoms with Gasteiger partial charge in [0.15, 0.2) is 5.78 Å². The molecule has 0 N–H and O–H groups in total. The number of allylic oxidation sites excluding steroid dienone is 2. The molecule has 1 saturated heterocycles. The second-order valence-corrected chi connectivity index (χ2v) is 10.7. The average molecular weight is 526 g/mol. The van der Waals surface area contributed by atoms with Crippen molar-refractivity contribution in [2.75, 3.05) is 13.1 Å². The second kappa shape index (κ2) is 9.82. The molecule has 0 bridgehead atoms. The zero-order chi connectivity index (χ0) is 27.2. The number of halogens is 6. The number of ether oxygens (including phenoxy) is 1. The molecule has 1 heterocycles. The number of carbonyl (C=O) groups is 1. The van der Waals surface area contributed by atoms with Crippen LogP contribution in [0.15, 0.2) is 60.3 Å². The highest BCUT2D eigenvalue weighted by Crippen LogP contribution is 2.42. The van der Waals surface area contributed by atoms with Gasteiger partial charge in [-0.3, -0.25) is 4.79 Å². The van der Waals surface area contributed by atoms with Gasteiger partial charge >= 0.3 is 12.4 Å². The van der Waals surface area contributed by atoms with Crippen LogP contribution in [0, 0.1) is 5.41 Å². The molecule has 3 atom stereocenters. The number of hydrogen-bond acceptors (Lipinski definition) is 3. The van der Waals surface area contributed by atoms with Gasteiger partial charge in [0.25, 0.3) is 0 Å². The van der Waals surface area contributed by atoms with Crippen LogP contribution in [0.1, 0.15) is 67.9 Å². The lowest BCUT2D eigenvalue weighted by Crippen LogP contribution is -2.31. The van der Waals surface area contributed by atoms with Gasteiger partial charge in [0, 0.05) is 37.2 Å². The Bertz CT molecular complexity index is 1140. The van der Waals surface area contributed by atoms with Gasteiger partial charge in [-0.1, -0.05) is 44.2 Å². The van der Waals surface area contributed by atoms with Crippen molar-refractivity contribution < 1.29 is 35.9 Å².